The smallest absolute Gasteiger partial charge is 0.120 e. The molecule has 3 N–H and O–H groups in total. The standard InChI is InChI=1S/C12H19NO2/c1-4-8(2)13-9(3)11-7-10(14)5-6-12(11)15/h5-9,13-15H,4H2,1-3H3. The van der Waals surface area contributed by atoms with E-state index in [-0.39, 0.29) is 17.5 Å². The molecule has 2 atom stereocenters. The van der Waals surface area contributed by atoms with E-state index in [2.05, 4.69) is 19.2 Å². The summed E-state index contributed by atoms with van der Waals surface area (Å²) in [5, 5.41) is 22.3. The molecule has 0 saturated heterocycles. The molecule has 0 saturated carbocycles. The minimum atomic E-state index is 0.0343. The van der Waals surface area contributed by atoms with Crippen LogP contribution in [0, 0.1) is 0 Å². The maximum atomic E-state index is 9.64. The Morgan fingerprint density at radius 3 is 2.53 bits per heavy atom. The van der Waals surface area contributed by atoms with Crippen molar-refractivity contribution in [1.82, 2.24) is 5.32 Å². The lowest BCUT2D eigenvalue weighted by Crippen LogP contribution is -2.28. The molecule has 0 fully saturated rings. The predicted octanol–water partition coefficient (Wildman–Crippen LogP) is 2.55. The van der Waals surface area contributed by atoms with Gasteiger partial charge in [-0.2, -0.15) is 0 Å². The van der Waals surface area contributed by atoms with Gasteiger partial charge in [-0.05, 0) is 38.5 Å². The lowest BCUT2D eigenvalue weighted by Gasteiger charge is -2.20. The normalized spacial score (nSPS) is 14.9. The topological polar surface area (TPSA) is 52.5 Å². The first kappa shape index (κ1) is 11.9. The Hall–Kier alpha value is -1.22. The van der Waals surface area contributed by atoms with E-state index < -0.39 is 0 Å². The zero-order chi connectivity index (χ0) is 11.4. The molecule has 0 spiro atoms. The molecule has 84 valence electrons. The van der Waals surface area contributed by atoms with Gasteiger partial charge in [0.1, 0.15) is 11.5 Å². The van der Waals surface area contributed by atoms with Crippen LogP contribution < -0.4 is 5.32 Å². The average molecular weight is 209 g/mol. The fraction of sp³-hybridized carbons (Fsp3) is 0.500. The predicted molar refractivity (Wildman–Crippen MR) is 61.1 cm³/mol. The van der Waals surface area contributed by atoms with Crippen LogP contribution in [0.15, 0.2) is 18.2 Å². The summed E-state index contributed by atoms with van der Waals surface area (Å²) >= 11 is 0. The van der Waals surface area contributed by atoms with Gasteiger partial charge >= 0.3 is 0 Å². The van der Waals surface area contributed by atoms with Crippen molar-refractivity contribution in [3.8, 4) is 11.5 Å². The molecule has 0 aliphatic rings. The highest BCUT2D eigenvalue weighted by atomic mass is 16.3. The van der Waals surface area contributed by atoms with Crippen molar-refractivity contribution >= 4 is 0 Å². The van der Waals surface area contributed by atoms with E-state index in [0.717, 1.165) is 12.0 Å². The van der Waals surface area contributed by atoms with Gasteiger partial charge in [-0.3, -0.25) is 0 Å². The SMILES string of the molecule is CCC(C)NC(C)c1cc(O)ccc1O. The van der Waals surface area contributed by atoms with Crippen LogP contribution >= 0.6 is 0 Å². The molecule has 0 aromatic heterocycles. The number of benzene rings is 1. The Balaban J connectivity index is 2.80. The van der Waals surface area contributed by atoms with Crippen molar-refractivity contribution in [2.24, 2.45) is 0 Å². The van der Waals surface area contributed by atoms with Gasteiger partial charge < -0.3 is 15.5 Å². The summed E-state index contributed by atoms with van der Waals surface area (Å²) in [5.74, 6) is 0.400. The van der Waals surface area contributed by atoms with E-state index in [1.807, 2.05) is 6.92 Å². The molecule has 0 amide bonds. The summed E-state index contributed by atoms with van der Waals surface area (Å²) in [6, 6.07) is 5.01. The van der Waals surface area contributed by atoms with E-state index in [9.17, 15) is 10.2 Å². The van der Waals surface area contributed by atoms with E-state index in [0.29, 0.717) is 6.04 Å². The fourth-order valence-corrected chi connectivity index (χ4v) is 1.52. The Bertz CT molecular complexity index is 325. The van der Waals surface area contributed by atoms with Crippen LogP contribution in [-0.2, 0) is 0 Å². The molecular formula is C12H19NO2. The summed E-state index contributed by atoms with van der Waals surface area (Å²) in [4.78, 5) is 0. The molecule has 1 aromatic carbocycles. The van der Waals surface area contributed by atoms with Crippen molar-refractivity contribution in [2.45, 2.75) is 39.3 Å². The van der Waals surface area contributed by atoms with Gasteiger partial charge in [0.2, 0.25) is 0 Å². The van der Waals surface area contributed by atoms with E-state index >= 15 is 0 Å². The number of rotatable bonds is 4. The molecule has 3 nitrogen and oxygen atoms in total. The van der Waals surface area contributed by atoms with Crippen molar-refractivity contribution in [3.63, 3.8) is 0 Å². The lowest BCUT2D eigenvalue weighted by molar-refractivity contribution is 0.423. The summed E-state index contributed by atoms with van der Waals surface area (Å²) in [6.45, 7) is 6.17. The molecule has 0 bridgehead atoms. The van der Waals surface area contributed by atoms with Gasteiger partial charge in [0.25, 0.3) is 0 Å². The van der Waals surface area contributed by atoms with Crippen molar-refractivity contribution < 1.29 is 10.2 Å². The van der Waals surface area contributed by atoms with E-state index in [1.54, 1.807) is 6.07 Å². The quantitative estimate of drug-likeness (QED) is 0.668. The Labute approximate surface area is 90.8 Å². The molecule has 2 unspecified atom stereocenters. The molecule has 0 aliphatic carbocycles. The number of nitrogens with one attached hydrogen (secondary N) is 1. The Morgan fingerprint density at radius 1 is 1.27 bits per heavy atom. The minimum absolute atomic E-state index is 0.0343. The van der Waals surface area contributed by atoms with Crippen LogP contribution in [0.1, 0.15) is 38.8 Å². The van der Waals surface area contributed by atoms with Crippen molar-refractivity contribution in [2.75, 3.05) is 0 Å². The van der Waals surface area contributed by atoms with Gasteiger partial charge in [0, 0.05) is 17.6 Å². The molecule has 1 aromatic rings. The van der Waals surface area contributed by atoms with Crippen LogP contribution in [-0.4, -0.2) is 16.3 Å². The van der Waals surface area contributed by atoms with Crippen LogP contribution in [0.4, 0.5) is 0 Å². The van der Waals surface area contributed by atoms with Gasteiger partial charge in [0.15, 0.2) is 0 Å². The minimum Gasteiger partial charge on any atom is -0.508 e. The molecule has 0 aliphatic heterocycles. The molecule has 0 radical (unpaired) electrons. The summed E-state index contributed by atoms with van der Waals surface area (Å²) in [6.07, 6.45) is 1.03. The third kappa shape index (κ3) is 3.13. The summed E-state index contributed by atoms with van der Waals surface area (Å²) in [7, 11) is 0. The number of phenols is 2. The highest BCUT2D eigenvalue weighted by molar-refractivity contribution is 5.40. The first-order valence-corrected chi connectivity index (χ1v) is 5.32. The average Bonchev–Trinajstić information content (AvgIpc) is 2.21. The molecule has 15 heavy (non-hydrogen) atoms. The largest absolute Gasteiger partial charge is 0.508 e. The van der Waals surface area contributed by atoms with Gasteiger partial charge in [-0.1, -0.05) is 6.92 Å². The first-order valence-electron chi connectivity index (χ1n) is 5.32. The van der Waals surface area contributed by atoms with E-state index in [4.69, 9.17) is 0 Å². The zero-order valence-electron chi connectivity index (χ0n) is 9.49. The second kappa shape index (κ2) is 5.03. The molecular weight excluding hydrogens is 190 g/mol. The van der Waals surface area contributed by atoms with Crippen molar-refractivity contribution in [3.05, 3.63) is 23.8 Å². The monoisotopic (exact) mass is 209 g/mol. The van der Waals surface area contributed by atoms with Gasteiger partial charge in [0.05, 0.1) is 0 Å². The van der Waals surface area contributed by atoms with Crippen LogP contribution in [0.2, 0.25) is 0 Å². The lowest BCUT2D eigenvalue weighted by atomic mass is 10.1. The highest BCUT2D eigenvalue weighted by Gasteiger charge is 2.12. The van der Waals surface area contributed by atoms with Crippen LogP contribution in [0.3, 0.4) is 0 Å². The molecule has 3 heteroatoms. The number of hydrogen-bond donors (Lipinski definition) is 3. The third-order valence-electron chi connectivity index (χ3n) is 2.62. The second-order valence-electron chi connectivity index (χ2n) is 3.94. The Morgan fingerprint density at radius 2 is 1.93 bits per heavy atom. The number of hydrogen-bond acceptors (Lipinski definition) is 3. The number of phenolic OH excluding ortho intramolecular Hbond substituents is 2. The Kier molecular flexibility index (Phi) is 3.97. The third-order valence-corrected chi connectivity index (χ3v) is 2.62. The maximum Gasteiger partial charge on any atom is 0.120 e. The number of aromatic hydroxyl groups is 2. The zero-order valence-corrected chi connectivity index (χ0v) is 9.49. The molecule has 1 rings (SSSR count). The van der Waals surface area contributed by atoms with Gasteiger partial charge in [-0.25, -0.2) is 0 Å². The first-order chi connectivity index (χ1) is 7.04. The summed E-state index contributed by atoms with van der Waals surface area (Å²) < 4.78 is 0. The van der Waals surface area contributed by atoms with Crippen LogP contribution in [0.5, 0.6) is 11.5 Å². The van der Waals surface area contributed by atoms with Crippen LogP contribution in [0.25, 0.3) is 0 Å². The second-order valence-corrected chi connectivity index (χ2v) is 3.94. The highest BCUT2D eigenvalue weighted by Crippen LogP contribution is 2.27. The fourth-order valence-electron chi connectivity index (χ4n) is 1.52. The summed E-state index contributed by atoms with van der Waals surface area (Å²) in [5.41, 5.74) is 0.732. The maximum absolute atomic E-state index is 9.64. The van der Waals surface area contributed by atoms with Gasteiger partial charge in [-0.15, -0.1) is 0 Å². The van der Waals surface area contributed by atoms with Crippen molar-refractivity contribution in [1.29, 1.82) is 0 Å². The van der Waals surface area contributed by atoms with E-state index in [1.165, 1.54) is 12.1 Å². The molecule has 0 heterocycles.